The monoisotopic (exact) mass is 382 g/mol. The van der Waals surface area contributed by atoms with E-state index in [4.69, 9.17) is 4.74 Å². The quantitative estimate of drug-likeness (QED) is 0.635. The molecule has 28 heavy (non-hydrogen) atoms. The fraction of sp³-hybridized carbons (Fsp3) is 0.211. The van der Waals surface area contributed by atoms with E-state index in [-0.39, 0.29) is 24.6 Å². The van der Waals surface area contributed by atoms with Crippen molar-refractivity contribution in [3.8, 4) is 0 Å². The number of benzene rings is 2. The molecule has 4 rings (SSSR count). The van der Waals surface area contributed by atoms with Gasteiger partial charge in [0.1, 0.15) is 11.3 Å². The fourth-order valence-corrected chi connectivity index (χ4v) is 3.12. The molecule has 1 saturated heterocycles. The van der Waals surface area contributed by atoms with Crippen LogP contribution in [-0.4, -0.2) is 33.4 Å². The summed E-state index contributed by atoms with van der Waals surface area (Å²) in [6.45, 7) is -0.406. The highest BCUT2D eigenvalue weighted by Gasteiger charge is 2.37. The topological polar surface area (TPSA) is 94.4 Å². The normalized spacial score (nSPS) is 16.5. The Labute approximate surface area is 158 Å². The molecule has 142 valence electrons. The fourth-order valence-electron chi connectivity index (χ4n) is 3.12. The maximum Gasteiger partial charge on any atom is 0.313 e. The molecule has 1 aromatic heterocycles. The van der Waals surface area contributed by atoms with E-state index in [0.29, 0.717) is 10.9 Å². The Balaban J connectivity index is 1.45. The van der Waals surface area contributed by atoms with Gasteiger partial charge in [-0.3, -0.25) is 14.4 Å². The van der Waals surface area contributed by atoms with E-state index in [1.54, 1.807) is 30.3 Å². The number of hydrogen-bond acceptors (Lipinski definition) is 6. The molecule has 0 N–H and O–H groups in total. The van der Waals surface area contributed by atoms with Crippen LogP contribution in [0.1, 0.15) is 6.42 Å². The third-order valence-electron chi connectivity index (χ3n) is 4.56. The van der Waals surface area contributed by atoms with Gasteiger partial charge in [-0.15, -0.1) is 5.10 Å². The number of hydrogen-bond donors (Lipinski definition) is 0. The molecule has 9 heteroatoms. The Kier molecular flexibility index (Phi) is 4.56. The summed E-state index contributed by atoms with van der Waals surface area (Å²) in [7, 11) is 0. The Morgan fingerprint density at radius 3 is 2.71 bits per heavy atom. The van der Waals surface area contributed by atoms with Gasteiger partial charge in [0.25, 0.3) is 5.56 Å². The Hall–Kier alpha value is -3.62. The number of esters is 1. The van der Waals surface area contributed by atoms with Gasteiger partial charge in [0, 0.05) is 13.0 Å². The van der Waals surface area contributed by atoms with Gasteiger partial charge in [-0.25, -0.2) is 4.39 Å². The molecular formula is C19H15FN4O4. The first kappa shape index (κ1) is 17.8. The van der Waals surface area contributed by atoms with E-state index in [0.717, 1.165) is 4.68 Å². The summed E-state index contributed by atoms with van der Waals surface area (Å²) in [6.07, 6.45) is -0.0918. The van der Waals surface area contributed by atoms with Gasteiger partial charge >= 0.3 is 5.97 Å². The second-order valence-electron chi connectivity index (χ2n) is 6.36. The van der Waals surface area contributed by atoms with E-state index < -0.39 is 30.0 Å². The first-order valence-corrected chi connectivity index (χ1v) is 8.58. The van der Waals surface area contributed by atoms with E-state index in [2.05, 4.69) is 10.3 Å². The van der Waals surface area contributed by atoms with Gasteiger partial charge in [-0.2, -0.15) is 4.68 Å². The van der Waals surface area contributed by atoms with Gasteiger partial charge in [0.05, 0.1) is 17.0 Å². The predicted molar refractivity (Wildman–Crippen MR) is 96.8 cm³/mol. The highest BCUT2D eigenvalue weighted by molar-refractivity contribution is 5.99. The lowest BCUT2D eigenvalue weighted by Crippen LogP contribution is -2.30. The van der Waals surface area contributed by atoms with Crippen molar-refractivity contribution in [1.82, 2.24) is 15.0 Å². The average Bonchev–Trinajstić information content (AvgIpc) is 3.09. The van der Waals surface area contributed by atoms with Crippen LogP contribution in [0.3, 0.4) is 0 Å². The smallest absolute Gasteiger partial charge is 0.313 e. The average molecular weight is 382 g/mol. The SMILES string of the molecule is O=C(OCn1nnc2ccccc2c1=O)[C@H]1CC(=O)N(c2ccccc2F)C1. The molecule has 8 nitrogen and oxygen atoms in total. The first-order chi connectivity index (χ1) is 13.5. The van der Waals surface area contributed by atoms with Crippen molar-refractivity contribution in [2.24, 2.45) is 5.92 Å². The van der Waals surface area contributed by atoms with Crippen LogP contribution in [0.25, 0.3) is 10.9 Å². The van der Waals surface area contributed by atoms with Crippen LogP contribution in [0, 0.1) is 11.7 Å². The number of aromatic nitrogens is 3. The van der Waals surface area contributed by atoms with Gasteiger partial charge in [-0.1, -0.05) is 29.5 Å². The number of nitrogens with zero attached hydrogens (tertiary/aromatic N) is 4. The Morgan fingerprint density at radius 1 is 1.14 bits per heavy atom. The van der Waals surface area contributed by atoms with Crippen molar-refractivity contribution in [3.63, 3.8) is 0 Å². The molecule has 1 amide bonds. The minimum Gasteiger partial charge on any atom is -0.442 e. The van der Waals surface area contributed by atoms with Crippen LogP contribution in [0.5, 0.6) is 0 Å². The van der Waals surface area contributed by atoms with Gasteiger partial charge < -0.3 is 9.64 Å². The summed E-state index contributed by atoms with van der Waals surface area (Å²) < 4.78 is 20.0. The second-order valence-corrected chi connectivity index (χ2v) is 6.36. The number of rotatable bonds is 4. The second kappa shape index (κ2) is 7.18. The third kappa shape index (κ3) is 3.22. The highest BCUT2D eigenvalue weighted by Crippen LogP contribution is 2.27. The highest BCUT2D eigenvalue weighted by atomic mass is 19.1. The summed E-state index contributed by atoms with van der Waals surface area (Å²) in [5.41, 5.74) is 0.130. The standard InChI is InChI=1S/C19H15FN4O4/c20-14-6-2-4-8-16(14)23-10-12(9-17(23)25)19(27)28-11-24-18(26)13-5-1-3-7-15(13)21-22-24/h1-8,12H,9-11H2/t12-/m0/s1. The van der Waals surface area contributed by atoms with Crippen LogP contribution >= 0.6 is 0 Å². The van der Waals surface area contributed by atoms with Crippen LogP contribution < -0.4 is 10.5 Å². The molecule has 2 heterocycles. The number of fused-ring (bicyclic) bond motifs is 1. The Bertz CT molecular complexity index is 1130. The zero-order chi connectivity index (χ0) is 19.7. The molecule has 1 aliphatic rings. The third-order valence-corrected chi connectivity index (χ3v) is 4.56. The number of amides is 1. The van der Waals surface area contributed by atoms with Crippen LogP contribution in [-0.2, 0) is 21.1 Å². The van der Waals surface area contributed by atoms with Crippen LogP contribution in [0.15, 0.2) is 53.3 Å². The maximum absolute atomic E-state index is 13.9. The minimum absolute atomic E-state index is 0.0108. The Morgan fingerprint density at radius 2 is 1.89 bits per heavy atom. The maximum atomic E-state index is 13.9. The molecule has 0 aliphatic carbocycles. The number of anilines is 1. The van der Waals surface area contributed by atoms with Crippen molar-refractivity contribution in [1.29, 1.82) is 0 Å². The molecule has 0 spiro atoms. The van der Waals surface area contributed by atoms with E-state index in [9.17, 15) is 18.8 Å². The molecule has 0 bridgehead atoms. The molecule has 0 radical (unpaired) electrons. The number of carbonyl (C=O) groups excluding carboxylic acids is 2. The lowest BCUT2D eigenvalue weighted by molar-refractivity contribution is -0.152. The van der Waals surface area contributed by atoms with E-state index >= 15 is 0 Å². The summed E-state index contributed by atoms with van der Waals surface area (Å²) >= 11 is 0. The van der Waals surface area contributed by atoms with Crippen LogP contribution in [0.4, 0.5) is 10.1 Å². The number of ether oxygens (including phenoxy) is 1. The summed E-state index contributed by atoms with van der Waals surface area (Å²) in [4.78, 5) is 38.1. The predicted octanol–water partition coefficient (Wildman–Crippen LogP) is 1.48. The molecule has 1 aliphatic heterocycles. The molecular weight excluding hydrogens is 367 g/mol. The van der Waals surface area contributed by atoms with Crippen molar-refractivity contribution in [2.75, 3.05) is 11.4 Å². The molecule has 1 atom stereocenters. The molecule has 0 unspecified atom stereocenters. The number of para-hydroxylation sites is 1. The van der Waals surface area contributed by atoms with E-state index in [1.807, 2.05) is 0 Å². The summed E-state index contributed by atoms with van der Waals surface area (Å²) in [6, 6.07) is 12.6. The number of carbonyl (C=O) groups is 2. The van der Waals surface area contributed by atoms with Crippen molar-refractivity contribution in [2.45, 2.75) is 13.2 Å². The first-order valence-electron chi connectivity index (χ1n) is 8.58. The van der Waals surface area contributed by atoms with Crippen molar-refractivity contribution in [3.05, 3.63) is 64.7 Å². The van der Waals surface area contributed by atoms with Gasteiger partial charge in [0.15, 0.2) is 6.73 Å². The van der Waals surface area contributed by atoms with E-state index in [1.165, 1.54) is 23.1 Å². The molecule has 2 aromatic carbocycles. The largest absolute Gasteiger partial charge is 0.442 e. The molecule has 1 fully saturated rings. The molecule has 0 saturated carbocycles. The lowest BCUT2D eigenvalue weighted by atomic mass is 10.1. The minimum atomic E-state index is -0.753. The summed E-state index contributed by atoms with van der Waals surface area (Å²) in [5.74, 6) is -2.32. The van der Waals surface area contributed by atoms with Crippen LogP contribution in [0.2, 0.25) is 0 Å². The zero-order valence-electron chi connectivity index (χ0n) is 14.6. The van der Waals surface area contributed by atoms with Crippen molar-refractivity contribution >= 4 is 28.5 Å². The lowest BCUT2D eigenvalue weighted by Gasteiger charge is -2.17. The molecule has 3 aromatic rings. The number of halogens is 1. The van der Waals surface area contributed by atoms with Gasteiger partial charge in [-0.05, 0) is 24.3 Å². The van der Waals surface area contributed by atoms with Crippen molar-refractivity contribution < 1.29 is 18.7 Å². The summed E-state index contributed by atoms with van der Waals surface area (Å²) in [5, 5.41) is 8.01. The zero-order valence-corrected chi connectivity index (χ0v) is 14.6. The van der Waals surface area contributed by atoms with Gasteiger partial charge in [0.2, 0.25) is 5.91 Å².